The van der Waals surface area contributed by atoms with Crippen molar-refractivity contribution in [3.63, 3.8) is 0 Å². The van der Waals surface area contributed by atoms with E-state index in [1.54, 1.807) is 28.3 Å². The van der Waals surface area contributed by atoms with E-state index in [9.17, 15) is 9.59 Å². The van der Waals surface area contributed by atoms with Crippen molar-refractivity contribution in [3.05, 3.63) is 0 Å². The molecule has 0 aromatic carbocycles. The van der Waals surface area contributed by atoms with Crippen molar-refractivity contribution in [3.8, 4) is 0 Å². The normalized spacial score (nSPS) is 10.3. The third-order valence-electron chi connectivity index (χ3n) is 2.50. The summed E-state index contributed by atoms with van der Waals surface area (Å²) in [5.74, 6) is -0.232. The summed E-state index contributed by atoms with van der Waals surface area (Å²) >= 11 is 0. The van der Waals surface area contributed by atoms with Crippen molar-refractivity contribution in [2.45, 2.75) is 0 Å². The third kappa shape index (κ3) is 8.52. The van der Waals surface area contributed by atoms with Crippen molar-refractivity contribution in [1.29, 1.82) is 0 Å². The lowest BCUT2D eigenvalue weighted by molar-refractivity contribution is -0.139. The fraction of sp³-hybridized carbons (Fsp3) is 0.833. The molecule has 0 aromatic rings. The summed E-state index contributed by atoms with van der Waals surface area (Å²) in [6, 6.07) is 0. The number of methoxy groups -OCH3 is 2. The van der Waals surface area contributed by atoms with Crippen LogP contribution in [0, 0.1) is 0 Å². The number of hydrogen-bond donors (Lipinski definition) is 1. The smallest absolute Gasteiger partial charge is 0.241 e. The van der Waals surface area contributed by atoms with Gasteiger partial charge >= 0.3 is 0 Å². The van der Waals surface area contributed by atoms with Crippen LogP contribution in [0.4, 0.5) is 0 Å². The molecule has 112 valence electrons. The predicted molar refractivity (Wildman–Crippen MR) is 71.9 cm³/mol. The lowest BCUT2D eigenvalue weighted by Gasteiger charge is -2.23. The highest BCUT2D eigenvalue weighted by Crippen LogP contribution is 1.93. The summed E-state index contributed by atoms with van der Waals surface area (Å²) in [7, 11) is 6.49. The molecule has 0 aliphatic rings. The highest BCUT2D eigenvalue weighted by Gasteiger charge is 2.17. The van der Waals surface area contributed by atoms with E-state index < -0.39 is 0 Å². The van der Waals surface area contributed by atoms with Gasteiger partial charge in [-0.15, -0.1) is 0 Å². The van der Waals surface area contributed by atoms with Crippen LogP contribution in [0.5, 0.6) is 0 Å². The minimum absolute atomic E-state index is 0.0706. The molecule has 0 aliphatic heterocycles. The van der Waals surface area contributed by atoms with E-state index >= 15 is 0 Å². The molecule has 0 saturated carbocycles. The van der Waals surface area contributed by atoms with Crippen molar-refractivity contribution >= 4 is 11.8 Å². The maximum atomic E-state index is 12.0. The summed E-state index contributed by atoms with van der Waals surface area (Å²) in [6.07, 6.45) is 0. The Morgan fingerprint density at radius 2 is 1.68 bits per heavy atom. The van der Waals surface area contributed by atoms with Gasteiger partial charge in [-0.05, 0) is 0 Å². The van der Waals surface area contributed by atoms with E-state index in [1.807, 2.05) is 0 Å². The highest BCUT2D eigenvalue weighted by atomic mass is 16.5. The molecule has 0 rings (SSSR count). The van der Waals surface area contributed by atoms with E-state index in [0.29, 0.717) is 26.3 Å². The van der Waals surface area contributed by atoms with Gasteiger partial charge in [0.2, 0.25) is 11.8 Å². The van der Waals surface area contributed by atoms with Crippen molar-refractivity contribution in [1.82, 2.24) is 15.1 Å². The molecule has 0 aliphatic carbocycles. The number of likely N-dealkylation sites (N-methyl/N-ethyl adjacent to an activating group) is 1. The number of nitrogens with one attached hydrogen (secondary N) is 1. The van der Waals surface area contributed by atoms with Gasteiger partial charge < -0.3 is 24.6 Å². The molecule has 7 nitrogen and oxygen atoms in total. The molecule has 0 bridgehead atoms. The average Bonchev–Trinajstić information content (AvgIpc) is 2.38. The second kappa shape index (κ2) is 10.7. The van der Waals surface area contributed by atoms with Crippen LogP contribution in [-0.2, 0) is 19.1 Å². The minimum Gasteiger partial charge on any atom is -0.383 e. The number of ether oxygens (including phenoxy) is 2. The molecule has 0 saturated heterocycles. The SMILES string of the molecule is COCCNCC(=O)N(CCOC)CC(=O)N(C)C. The molecule has 0 atom stereocenters. The first-order valence-corrected chi connectivity index (χ1v) is 6.19. The Morgan fingerprint density at radius 3 is 2.21 bits per heavy atom. The van der Waals surface area contributed by atoms with Crippen molar-refractivity contribution < 1.29 is 19.1 Å². The number of hydrogen-bond acceptors (Lipinski definition) is 5. The molecule has 0 fully saturated rings. The van der Waals surface area contributed by atoms with Crippen LogP contribution in [0.2, 0.25) is 0 Å². The van der Waals surface area contributed by atoms with Gasteiger partial charge in [0.15, 0.2) is 0 Å². The monoisotopic (exact) mass is 275 g/mol. The Hall–Kier alpha value is -1.18. The molecule has 0 aromatic heterocycles. The van der Waals surface area contributed by atoms with Crippen molar-refractivity contribution in [2.75, 3.05) is 67.7 Å². The summed E-state index contributed by atoms with van der Waals surface area (Å²) in [5, 5.41) is 2.96. The quantitative estimate of drug-likeness (QED) is 0.506. The standard InChI is InChI=1S/C12H25N3O4/c1-14(2)12(17)10-15(6-8-19-4)11(16)9-13-5-7-18-3/h13H,5-10H2,1-4H3. The maximum absolute atomic E-state index is 12.0. The van der Waals surface area contributed by atoms with Crippen LogP contribution in [0.3, 0.4) is 0 Å². The minimum atomic E-state index is -0.122. The van der Waals surface area contributed by atoms with Gasteiger partial charge in [0.05, 0.1) is 26.3 Å². The van der Waals surface area contributed by atoms with Gasteiger partial charge in [-0.25, -0.2) is 0 Å². The summed E-state index contributed by atoms with van der Waals surface area (Å²) in [5.41, 5.74) is 0. The lowest BCUT2D eigenvalue weighted by atomic mass is 10.4. The first-order valence-electron chi connectivity index (χ1n) is 6.19. The molecule has 0 unspecified atom stereocenters. The Morgan fingerprint density at radius 1 is 1.05 bits per heavy atom. The maximum Gasteiger partial charge on any atom is 0.241 e. The zero-order chi connectivity index (χ0) is 14.7. The summed E-state index contributed by atoms with van der Waals surface area (Å²) in [4.78, 5) is 26.6. The Labute approximate surface area is 114 Å². The van der Waals surface area contributed by atoms with Crippen LogP contribution in [0.25, 0.3) is 0 Å². The number of amides is 2. The fourth-order valence-electron chi connectivity index (χ4n) is 1.28. The number of carbonyl (C=O) groups is 2. The van der Waals surface area contributed by atoms with E-state index in [4.69, 9.17) is 9.47 Å². The second-order valence-electron chi connectivity index (χ2n) is 4.27. The van der Waals surface area contributed by atoms with Crippen LogP contribution < -0.4 is 5.32 Å². The van der Waals surface area contributed by atoms with Gasteiger partial charge in [-0.3, -0.25) is 9.59 Å². The first-order chi connectivity index (χ1) is 9.02. The van der Waals surface area contributed by atoms with Crippen LogP contribution in [0.15, 0.2) is 0 Å². The predicted octanol–water partition coefficient (Wildman–Crippen LogP) is -1.21. The summed E-state index contributed by atoms with van der Waals surface area (Å²) in [6.45, 7) is 2.21. The van der Waals surface area contributed by atoms with Crippen LogP contribution in [-0.4, -0.2) is 89.3 Å². The molecular formula is C12H25N3O4. The number of carbonyl (C=O) groups excluding carboxylic acids is 2. The second-order valence-corrected chi connectivity index (χ2v) is 4.27. The van der Waals surface area contributed by atoms with E-state index in [1.165, 1.54) is 9.80 Å². The summed E-state index contributed by atoms with van der Waals surface area (Å²) < 4.78 is 9.83. The topological polar surface area (TPSA) is 71.1 Å². The third-order valence-corrected chi connectivity index (χ3v) is 2.50. The molecule has 0 spiro atoms. The molecule has 0 heterocycles. The molecule has 7 heteroatoms. The molecule has 2 amide bonds. The van der Waals surface area contributed by atoms with Crippen LogP contribution in [0.1, 0.15) is 0 Å². The number of nitrogens with zero attached hydrogens (tertiary/aromatic N) is 2. The van der Waals surface area contributed by atoms with Gasteiger partial charge in [0, 0.05) is 41.4 Å². The zero-order valence-corrected chi connectivity index (χ0v) is 12.3. The van der Waals surface area contributed by atoms with Gasteiger partial charge in [-0.1, -0.05) is 0 Å². The van der Waals surface area contributed by atoms with Crippen LogP contribution >= 0.6 is 0 Å². The molecule has 0 radical (unpaired) electrons. The first kappa shape index (κ1) is 17.8. The Kier molecular flexibility index (Phi) is 10.1. The zero-order valence-electron chi connectivity index (χ0n) is 12.3. The highest BCUT2D eigenvalue weighted by molar-refractivity contribution is 5.85. The molecular weight excluding hydrogens is 250 g/mol. The number of rotatable bonds is 10. The van der Waals surface area contributed by atoms with Crippen molar-refractivity contribution in [2.24, 2.45) is 0 Å². The largest absolute Gasteiger partial charge is 0.383 e. The lowest BCUT2D eigenvalue weighted by Crippen LogP contribution is -2.45. The van der Waals surface area contributed by atoms with E-state index in [2.05, 4.69) is 5.32 Å². The molecule has 1 N–H and O–H groups in total. The van der Waals surface area contributed by atoms with E-state index in [0.717, 1.165) is 0 Å². The van der Waals surface area contributed by atoms with Gasteiger partial charge in [0.1, 0.15) is 0 Å². The fourth-order valence-corrected chi connectivity index (χ4v) is 1.28. The van der Waals surface area contributed by atoms with Gasteiger partial charge in [0.25, 0.3) is 0 Å². The Bertz CT molecular complexity index is 272. The average molecular weight is 275 g/mol. The molecule has 19 heavy (non-hydrogen) atoms. The van der Waals surface area contributed by atoms with E-state index in [-0.39, 0.29) is 24.9 Å². The Balaban J connectivity index is 4.22. The van der Waals surface area contributed by atoms with Gasteiger partial charge in [-0.2, -0.15) is 0 Å².